The van der Waals surface area contributed by atoms with E-state index in [4.69, 9.17) is 25.6 Å². The van der Waals surface area contributed by atoms with Crippen LogP contribution >= 0.6 is 23.1 Å². The zero-order chi connectivity index (χ0) is 30.5. The first-order chi connectivity index (χ1) is 19.3. The Balaban J connectivity index is 0.000000587. The van der Waals surface area contributed by atoms with E-state index in [2.05, 4.69) is 15.5 Å². The molecule has 0 aliphatic carbocycles. The van der Waals surface area contributed by atoms with Crippen LogP contribution in [-0.4, -0.2) is 84.7 Å². The lowest BCUT2D eigenvalue weighted by Gasteiger charge is -2.49. The number of nitrogens with one attached hydrogen (secondary N) is 1. The number of nitriles is 1. The number of ether oxygens (including phenoxy) is 1. The number of oxime groups is 1. The molecule has 1 saturated heterocycles. The summed E-state index contributed by atoms with van der Waals surface area (Å²) in [4.78, 5) is 51.2. The van der Waals surface area contributed by atoms with Crippen LogP contribution in [0.25, 0.3) is 0 Å². The molecule has 2 amide bonds. The number of carbonyl (C=O) groups is 4. The van der Waals surface area contributed by atoms with E-state index in [1.165, 1.54) is 23.2 Å². The molecular formula is C22H17F3N6O8S2. The molecule has 1 fully saturated rings. The summed E-state index contributed by atoms with van der Waals surface area (Å²) in [6, 6.07) is 7.39. The number of hydrogen-bond acceptors (Lipinski definition) is 12. The van der Waals surface area contributed by atoms with Gasteiger partial charge >= 0.3 is 18.1 Å². The number of alkyl halides is 3. The number of nitrogens with two attached hydrogens (primary N) is 1. The number of hydrogen-bond donors (Lipinski definition) is 5. The van der Waals surface area contributed by atoms with Gasteiger partial charge in [-0.25, -0.2) is 14.6 Å². The summed E-state index contributed by atoms with van der Waals surface area (Å²) in [5.41, 5.74) is 5.74. The van der Waals surface area contributed by atoms with E-state index in [-0.39, 0.29) is 28.9 Å². The third kappa shape index (κ3) is 7.03. The zero-order valence-electron chi connectivity index (χ0n) is 20.2. The maximum absolute atomic E-state index is 12.8. The van der Waals surface area contributed by atoms with E-state index in [9.17, 15) is 37.9 Å². The van der Waals surface area contributed by atoms with Crippen LogP contribution in [0.4, 0.5) is 18.3 Å². The van der Waals surface area contributed by atoms with Gasteiger partial charge in [0.15, 0.2) is 10.8 Å². The molecule has 0 bridgehead atoms. The predicted molar refractivity (Wildman–Crippen MR) is 135 cm³/mol. The molecule has 1 aromatic carbocycles. The molecule has 2 atom stereocenters. The van der Waals surface area contributed by atoms with Crippen LogP contribution in [0.2, 0.25) is 0 Å². The number of amides is 2. The van der Waals surface area contributed by atoms with Crippen molar-refractivity contribution < 1.29 is 52.5 Å². The molecule has 0 saturated carbocycles. The lowest BCUT2D eigenvalue weighted by atomic mass is 10.0. The highest BCUT2D eigenvalue weighted by atomic mass is 32.2. The number of carbonyl (C=O) groups excluding carboxylic acids is 2. The first-order valence-electron chi connectivity index (χ1n) is 10.9. The Kier molecular flexibility index (Phi) is 9.41. The molecule has 14 nitrogen and oxygen atoms in total. The van der Waals surface area contributed by atoms with Crippen molar-refractivity contribution in [2.75, 3.05) is 18.1 Å². The number of carboxylic acid groups (broad SMARTS) is 2. The van der Waals surface area contributed by atoms with Crippen molar-refractivity contribution in [2.24, 2.45) is 5.16 Å². The van der Waals surface area contributed by atoms with Crippen molar-refractivity contribution in [3.8, 4) is 11.8 Å². The number of carboxylic acids is 2. The molecule has 4 rings (SSSR count). The minimum absolute atomic E-state index is 0.0495. The predicted octanol–water partition coefficient (Wildman–Crippen LogP) is 1.23. The highest BCUT2D eigenvalue weighted by molar-refractivity contribution is 8.00. The molecule has 3 heterocycles. The van der Waals surface area contributed by atoms with Gasteiger partial charge in [0.1, 0.15) is 35.2 Å². The van der Waals surface area contributed by atoms with Gasteiger partial charge in [0.25, 0.3) is 11.8 Å². The van der Waals surface area contributed by atoms with Crippen LogP contribution in [0.3, 0.4) is 0 Å². The topological polar surface area (TPSA) is 229 Å². The minimum Gasteiger partial charge on any atom is -0.489 e. The van der Waals surface area contributed by atoms with E-state index in [0.717, 1.165) is 16.2 Å². The van der Waals surface area contributed by atoms with E-state index >= 15 is 0 Å². The molecule has 0 radical (unpaired) electrons. The Morgan fingerprint density at radius 2 is 2.00 bits per heavy atom. The lowest BCUT2D eigenvalue weighted by Crippen LogP contribution is -2.71. The summed E-state index contributed by atoms with van der Waals surface area (Å²) in [5.74, 6) is -4.90. The molecule has 216 valence electrons. The van der Waals surface area contributed by atoms with Gasteiger partial charge in [0.05, 0.1) is 11.6 Å². The Morgan fingerprint density at radius 3 is 2.54 bits per heavy atom. The van der Waals surface area contributed by atoms with Crippen molar-refractivity contribution in [3.05, 3.63) is 52.2 Å². The SMILES string of the molecule is N#Cc1cccc(OCC2=C(C(=O)O)N3C(=O)C(NC(=O)/C(=N\O)c4csc(N)n4)[C@H]3SC2)c1.O=C(O)C(F)(F)F. The molecule has 1 aromatic heterocycles. The van der Waals surface area contributed by atoms with Crippen molar-refractivity contribution in [2.45, 2.75) is 17.6 Å². The average Bonchev–Trinajstić information content (AvgIpc) is 3.35. The van der Waals surface area contributed by atoms with E-state index < -0.39 is 47.1 Å². The third-order valence-corrected chi connectivity index (χ3v) is 7.25. The fourth-order valence-corrected chi connectivity index (χ4v) is 5.31. The van der Waals surface area contributed by atoms with E-state index in [1.807, 2.05) is 6.07 Å². The molecule has 41 heavy (non-hydrogen) atoms. The molecule has 0 spiro atoms. The number of nitrogens with zero attached hydrogens (tertiary/aromatic N) is 4. The number of fused-ring (bicyclic) bond motifs is 1. The van der Waals surface area contributed by atoms with Gasteiger partial charge in [-0.15, -0.1) is 23.1 Å². The Bertz CT molecular complexity index is 1490. The first-order valence-corrected chi connectivity index (χ1v) is 12.8. The maximum atomic E-state index is 12.8. The van der Waals surface area contributed by atoms with Gasteiger partial charge in [0, 0.05) is 16.7 Å². The van der Waals surface area contributed by atoms with Gasteiger partial charge in [-0.3, -0.25) is 14.5 Å². The second-order valence-corrected chi connectivity index (χ2v) is 9.86. The van der Waals surface area contributed by atoms with Crippen LogP contribution in [0.5, 0.6) is 5.75 Å². The normalized spacial score (nSPS) is 18.2. The summed E-state index contributed by atoms with van der Waals surface area (Å²) in [6.45, 7) is -0.0936. The van der Waals surface area contributed by atoms with Gasteiger partial charge < -0.3 is 31.2 Å². The van der Waals surface area contributed by atoms with Crippen molar-refractivity contribution >= 4 is 57.7 Å². The quantitative estimate of drug-likeness (QED) is 0.128. The van der Waals surface area contributed by atoms with Gasteiger partial charge in [-0.2, -0.15) is 18.4 Å². The number of benzene rings is 1. The number of aromatic nitrogens is 1. The summed E-state index contributed by atoms with van der Waals surface area (Å²) in [6.07, 6.45) is -5.08. The molecule has 19 heteroatoms. The standard InChI is InChI=1S/C20H16N6O6S2.C2HF3O2/c21-5-9-2-1-3-11(4-9)32-6-10-7-33-18-14(17(28)26(18)15(10)19(29)30)24-16(27)13(25-31)12-8-34-20(22)23-12;3-2(4,5)1(6)7/h1-4,8,14,18,31H,6-7H2,(H2,22,23)(H,24,27)(H,29,30);(H,6,7)/b25-13-;/t14?,18-;/m1./s1. The number of thioether (sulfide) groups is 1. The zero-order valence-corrected chi connectivity index (χ0v) is 21.8. The number of halogens is 3. The largest absolute Gasteiger partial charge is 0.490 e. The minimum atomic E-state index is -5.08. The van der Waals surface area contributed by atoms with Gasteiger partial charge in [-0.05, 0) is 18.2 Å². The Hall–Kier alpha value is -4.83. The molecule has 2 aliphatic rings. The smallest absolute Gasteiger partial charge is 0.489 e. The number of anilines is 1. The van der Waals surface area contributed by atoms with Crippen LogP contribution in [0.1, 0.15) is 11.3 Å². The number of aliphatic carboxylic acids is 2. The van der Waals surface area contributed by atoms with Gasteiger partial charge in [-0.1, -0.05) is 11.2 Å². The molecule has 6 N–H and O–H groups in total. The average molecular weight is 615 g/mol. The van der Waals surface area contributed by atoms with E-state index in [0.29, 0.717) is 16.9 Å². The summed E-state index contributed by atoms with van der Waals surface area (Å²) < 4.78 is 37.4. The molecular weight excluding hydrogens is 597 g/mol. The second kappa shape index (κ2) is 12.6. The fraction of sp³-hybridized carbons (Fsp3) is 0.227. The molecule has 2 aromatic rings. The third-order valence-electron chi connectivity index (χ3n) is 5.23. The van der Waals surface area contributed by atoms with Crippen molar-refractivity contribution in [1.29, 1.82) is 5.26 Å². The highest BCUT2D eigenvalue weighted by Crippen LogP contribution is 2.40. The van der Waals surface area contributed by atoms with Crippen molar-refractivity contribution in [1.82, 2.24) is 15.2 Å². The lowest BCUT2D eigenvalue weighted by molar-refractivity contribution is -0.192. The second-order valence-electron chi connectivity index (χ2n) is 7.87. The number of thiazole rings is 1. The molecule has 2 aliphatic heterocycles. The number of nitrogen functional groups attached to an aromatic ring is 1. The van der Waals surface area contributed by atoms with Crippen LogP contribution in [0, 0.1) is 11.3 Å². The fourth-order valence-electron chi connectivity index (χ4n) is 3.44. The van der Waals surface area contributed by atoms with E-state index in [1.54, 1.807) is 18.2 Å². The number of rotatable bonds is 7. The monoisotopic (exact) mass is 614 g/mol. The summed E-state index contributed by atoms with van der Waals surface area (Å²) in [5, 5.41) is 41.5. The number of β-lactam (4-membered cyclic amide) rings is 1. The summed E-state index contributed by atoms with van der Waals surface area (Å²) >= 11 is 2.31. The maximum Gasteiger partial charge on any atom is 0.490 e. The summed E-state index contributed by atoms with van der Waals surface area (Å²) in [7, 11) is 0. The van der Waals surface area contributed by atoms with Crippen LogP contribution in [-0.2, 0) is 19.2 Å². The van der Waals surface area contributed by atoms with Crippen LogP contribution in [0.15, 0.2) is 46.1 Å². The highest BCUT2D eigenvalue weighted by Gasteiger charge is 2.54. The first kappa shape index (κ1) is 30.7. The van der Waals surface area contributed by atoms with Crippen molar-refractivity contribution in [3.63, 3.8) is 0 Å². The molecule has 1 unspecified atom stereocenters. The Labute approximate surface area is 235 Å². The van der Waals surface area contributed by atoms with Gasteiger partial charge in [0.2, 0.25) is 0 Å². The van der Waals surface area contributed by atoms with Crippen LogP contribution < -0.4 is 15.8 Å². The Morgan fingerprint density at radius 1 is 1.32 bits per heavy atom.